The van der Waals surface area contributed by atoms with Crippen molar-refractivity contribution in [2.75, 3.05) is 39.8 Å². The number of likely N-dealkylation sites (tertiary alicyclic amines) is 1. The fourth-order valence-electron chi connectivity index (χ4n) is 4.07. The maximum Gasteiger partial charge on any atom is 0.325 e. The van der Waals surface area contributed by atoms with Gasteiger partial charge in [0.05, 0.1) is 0 Å². The second-order valence-corrected chi connectivity index (χ2v) is 6.99. The van der Waals surface area contributed by atoms with E-state index in [4.69, 9.17) is 0 Å². The van der Waals surface area contributed by atoms with E-state index in [1.54, 1.807) is 0 Å². The molecule has 3 aliphatic rings. The lowest BCUT2D eigenvalue weighted by atomic mass is 9.98. The van der Waals surface area contributed by atoms with Gasteiger partial charge in [-0.1, -0.05) is 19.8 Å². The standard InChI is InChI=1S/C16H28N4O2/c1-3-18(2)13-6-9-19(12-13)10-11-20-14(21)16(17-15(20)22)7-4-5-8-16/h13H,3-12H2,1-2H3,(H,17,22)/t13-/m1/s1. The van der Waals surface area contributed by atoms with E-state index in [-0.39, 0.29) is 11.9 Å². The molecule has 1 atom stereocenters. The van der Waals surface area contributed by atoms with Crippen molar-refractivity contribution < 1.29 is 9.59 Å². The normalized spacial score (nSPS) is 28.3. The second kappa shape index (κ2) is 6.16. The summed E-state index contributed by atoms with van der Waals surface area (Å²) in [5.41, 5.74) is -0.562. The molecule has 0 unspecified atom stereocenters. The Morgan fingerprint density at radius 3 is 2.68 bits per heavy atom. The molecule has 1 spiro atoms. The summed E-state index contributed by atoms with van der Waals surface area (Å²) in [7, 11) is 2.16. The minimum Gasteiger partial charge on any atom is -0.323 e. The minimum absolute atomic E-state index is 0.0106. The van der Waals surface area contributed by atoms with Gasteiger partial charge >= 0.3 is 6.03 Å². The van der Waals surface area contributed by atoms with Crippen LogP contribution in [-0.2, 0) is 4.79 Å². The maximum absolute atomic E-state index is 12.6. The van der Waals surface area contributed by atoms with Gasteiger partial charge in [0.2, 0.25) is 0 Å². The molecule has 0 aromatic heterocycles. The van der Waals surface area contributed by atoms with Crippen LogP contribution < -0.4 is 5.32 Å². The molecule has 2 aliphatic heterocycles. The topological polar surface area (TPSA) is 55.9 Å². The van der Waals surface area contributed by atoms with E-state index in [2.05, 4.69) is 29.1 Å². The van der Waals surface area contributed by atoms with E-state index in [9.17, 15) is 9.59 Å². The third-order valence-corrected chi connectivity index (χ3v) is 5.71. The first-order chi connectivity index (χ1) is 10.6. The Labute approximate surface area is 132 Å². The maximum atomic E-state index is 12.6. The van der Waals surface area contributed by atoms with Crippen LogP contribution in [0.5, 0.6) is 0 Å². The van der Waals surface area contributed by atoms with Crippen LogP contribution in [0.15, 0.2) is 0 Å². The summed E-state index contributed by atoms with van der Waals surface area (Å²) in [5, 5.41) is 2.95. The molecule has 6 nitrogen and oxygen atoms in total. The molecular formula is C16H28N4O2. The fourth-order valence-corrected chi connectivity index (χ4v) is 4.07. The van der Waals surface area contributed by atoms with E-state index in [1.807, 2.05) is 0 Å². The van der Waals surface area contributed by atoms with Gasteiger partial charge < -0.3 is 10.2 Å². The summed E-state index contributed by atoms with van der Waals surface area (Å²) in [5.74, 6) is 0.0106. The average molecular weight is 308 g/mol. The molecule has 3 amide bonds. The molecule has 1 aliphatic carbocycles. The van der Waals surface area contributed by atoms with E-state index in [0.717, 1.165) is 51.9 Å². The largest absolute Gasteiger partial charge is 0.325 e. The molecule has 6 heteroatoms. The predicted molar refractivity (Wildman–Crippen MR) is 84.6 cm³/mol. The van der Waals surface area contributed by atoms with Crippen LogP contribution in [0.25, 0.3) is 0 Å². The monoisotopic (exact) mass is 308 g/mol. The van der Waals surface area contributed by atoms with Crippen molar-refractivity contribution in [3.8, 4) is 0 Å². The first kappa shape index (κ1) is 15.7. The summed E-state index contributed by atoms with van der Waals surface area (Å²) in [6.07, 6.45) is 4.87. The number of amides is 3. The van der Waals surface area contributed by atoms with E-state index in [0.29, 0.717) is 12.6 Å². The number of nitrogens with zero attached hydrogens (tertiary/aromatic N) is 3. The lowest BCUT2D eigenvalue weighted by Crippen LogP contribution is -2.44. The molecule has 0 aromatic rings. The van der Waals surface area contributed by atoms with Crippen LogP contribution >= 0.6 is 0 Å². The van der Waals surface area contributed by atoms with Gasteiger partial charge in [-0.25, -0.2) is 4.79 Å². The van der Waals surface area contributed by atoms with Gasteiger partial charge in [-0.15, -0.1) is 0 Å². The van der Waals surface area contributed by atoms with Crippen molar-refractivity contribution in [1.29, 1.82) is 0 Å². The van der Waals surface area contributed by atoms with Crippen molar-refractivity contribution in [3.63, 3.8) is 0 Å². The van der Waals surface area contributed by atoms with Gasteiger partial charge in [-0.05, 0) is 39.4 Å². The number of rotatable bonds is 5. The molecule has 2 heterocycles. The minimum atomic E-state index is -0.562. The molecule has 22 heavy (non-hydrogen) atoms. The van der Waals surface area contributed by atoms with Crippen LogP contribution in [0.2, 0.25) is 0 Å². The SMILES string of the molecule is CCN(C)[C@@H]1CCN(CCN2C(=O)NC3(CCCC3)C2=O)C1. The highest BCUT2D eigenvalue weighted by Gasteiger charge is 2.52. The summed E-state index contributed by atoms with van der Waals surface area (Å²) in [6.45, 7) is 6.66. The molecule has 0 aromatic carbocycles. The van der Waals surface area contributed by atoms with Crippen LogP contribution in [0.4, 0.5) is 4.79 Å². The number of imide groups is 1. The Balaban J connectivity index is 1.52. The van der Waals surface area contributed by atoms with Crippen molar-refractivity contribution in [3.05, 3.63) is 0 Å². The van der Waals surface area contributed by atoms with Crippen molar-refractivity contribution in [1.82, 2.24) is 20.0 Å². The van der Waals surface area contributed by atoms with Gasteiger partial charge in [0.15, 0.2) is 0 Å². The van der Waals surface area contributed by atoms with Crippen molar-refractivity contribution in [2.45, 2.75) is 50.6 Å². The molecule has 1 saturated carbocycles. The Hall–Kier alpha value is -1.14. The van der Waals surface area contributed by atoms with Crippen LogP contribution in [0, 0.1) is 0 Å². The lowest BCUT2D eigenvalue weighted by molar-refractivity contribution is -0.131. The number of carbonyl (C=O) groups is 2. The summed E-state index contributed by atoms with van der Waals surface area (Å²) < 4.78 is 0. The zero-order valence-electron chi connectivity index (χ0n) is 13.8. The zero-order valence-corrected chi connectivity index (χ0v) is 13.8. The fraction of sp³-hybridized carbons (Fsp3) is 0.875. The molecule has 0 bridgehead atoms. The van der Waals surface area contributed by atoms with E-state index < -0.39 is 5.54 Å². The van der Waals surface area contributed by atoms with Crippen molar-refractivity contribution in [2.24, 2.45) is 0 Å². The highest BCUT2D eigenvalue weighted by Crippen LogP contribution is 2.34. The van der Waals surface area contributed by atoms with Crippen molar-refractivity contribution >= 4 is 11.9 Å². The molecular weight excluding hydrogens is 280 g/mol. The van der Waals surface area contributed by atoms with Crippen LogP contribution in [-0.4, -0.2) is 78.0 Å². The number of hydrogen-bond acceptors (Lipinski definition) is 4. The predicted octanol–water partition coefficient (Wildman–Crippen LogP) is 0.877. The van der Waals surface area contributed by atoms with Gasteiger partial charge in [0.25, 0.3) is 5.91 Å². The second-order valence-electron chi connectivity index (χ2n) is 6.99. The smallest absolute Gasteiger partial charge is 0.323 e. The first-order valence-corrected chi connectivity index (χ1v) is 8.62. The van der Waals surface area contributed by atoms with E-state index in [1.165, 1.54) is 11.3 Å². The summed E-state index contributed by atoms with van der Waals surface area (Å²) in [6, 6.07) is 0.419. The van der Waals surface area contributed by atoms with Crippen LogP contribution in [0.1, 0.15) is 39.0 Å². The van der Waals surface area contributed by atoms with Gasteiger partial charge in [-0.2, -0.15) is 0 Å². The Morgan fingerprint density at radius 1 is 1.27 bits per heavy atom. The third kappa shape index (κ3) is 2.74. The molecule has 1 N–H and O–H groups in total. The quantitative estimate of drug-likeness (QED) is 0.766. The number of carbonyl (C=O) groups excluding carboxylic acids is 2. The van der Waals surface area contributed by atoms with Gasteiger partial charge in [0, 0.05) is 25.7 Å². The zero-order chi connectivity index (χ0) is 15.7. The third-order valence-electron chi connectivity index (χ3n) is 5.71. The number of likely N-dealkylation sites (N-methyl/N-ethyl adjacent to an activating group) is 1. The Kier molecular flexibility index (Phi) is 4.41. The molecule has 124 valence electrons. The molecule has 0 radical (unpaired) electrons. The Bertz CT molecular complexity index is 447. The average Bonchev–Trinajstić information content (AvgIpc) is 3.20. The molecule has 3 fully saturated rings. The van der Waals surface area contributed by atoms with Gasteiger partial charge in [0.1, 0.15) is 5.54 Å². The molecule has 3 rings (SSSR count). The molecule has 2 saturated heterocycles. The van der Waals surface area contributed by atoms with E-state index >= 15 is 0 Å². The lowest BCUT2D eigenvalue weighted by Gasteiger charge is -2.24. The first-order valence-electron chi connectivity index (χ1n) is 8.62. The number of nitrogens with one attached hydrogen (secondary N) is 1. The summed E-state index contributed by atoms with van der Waals surface area (Å²) >= 11 is 0. The van der Waals surface area contributed by atoms with Gasteiger partial charge in [-0.3, -0.25) is 14.6 Å². The highest BCUT2D eigenvalue weighted by molar-refractivity contribution is 6.07. The Morgan fingerprint density at radius 2 is 2.00 bits per heavy atom. The highest BCUT2D eigenvalue weighted by atomic mass is 16.2. The summed E-state index contributed by atoms with van der Waals surface area (Å²) in [4.78, 5) is 30.9. The number of hydrogen-bond donors (Lipinski definition) is 1. The van der Waals surface area contributed by atoms with Crippen LogP contribution in [0.3, 0.4) is 0 Å². The number of urea groups is 1.